The Morgan fingerprint density at radius 3 is 2.38 bits per heavy atom. The van der Waals surface area contributed by atoms with E-state index in [0.717, 1.165) is 6.42 Å². The molecule has 0 aliphatic heterocycles. The van der Waals surface area contributed by atoms with Gasteiger partial charge in [0.25, 0.3) is 0 Å². The van der Waals surface area contributed by atoms with Gasteiger partial charge in [0.05, 0.1) is 10.6 Å². The van der Waals surface area contributed by atoms with E-state index in [-0.39, 0.29) is 17.5 Å². The number of sulfone groups is 1. The highest BCUT2D eigenvalue weighted by molar-refractivity contribution is 7.91. The molecule has 0 radical (unpaired) electrons. The summed E-state index contributed by atoms with van der Waals surface area (Å²) >= 11 is 0. The summed E-state index contributed by atoms with van der Waals surface area (Å²) in [4.78, 5) is 11.4. The van der Waals surface area contributed by atoms with Crippen LogP contribution in [0.15, 0.2) is 35.2 Å². The Morgan fingerprint density at radius 2 is 1.88 bits per heavy atom. The number of ketones is 1. The lowest BCUT2D eigenvalue weighted by Crippen LogP contribution is -2.27. The molecule has 4 heteroatoms. The van der Waals surface area contributed by atoms with Crippen LogP contribution in [0.25, 0.3) is 0 Å². The van der Waals surface area contributed by atoms with Gasteiger partial charge in [0, 0.05) is 12.3 Å². The summed E-state index contributed by atoms with van der Waals surface area (Å²) < 4.78 is 23.7. The molecular weight excluding hydrogens is 224 g/mol. The third kappa shape index (κ3) is 2.32. The quantitative estimate of drug-likeness (QED) is 0.804. The van der Waals surface area contributed by atoms with Crippen molar-refractivity contribution in [3.63, 3.8) is 0 Å². The summed E-state index contributed by atoms with van der Waals surface area (Å²) in [5, 5.41) is 0. The van der Waals surface area contributed by atoms with E-state index < -0.39 is 9.84 Å². The van der Waals surface area contributed by atoms with Gasteiger partial charge >= 0.3 is 0 Å². The molecule has 0 N–H and O–H groups in total. The van der Waals surface area contributed by atoms with Crippen LogP contribution >= 0.6 is 0 Å². The Balaban J connectivity index is 2.01. The first-order chi connectivity index (χ1) is 7.59. The third-order valence-electron chi connectivity index (χ3n) is 3.03. The van der Waals surface area contributed by atoms with Crippen LogP contribution in [0.1, 0.15) is 19.3 Å². The molecular formula is C12H14O3S. The van der Waals surface area contributed by atoms with E-state index >= 15 is 0 Å². The molecule has 0 spiro atoms. The number of hydrogen-bond donors (Lipinski definition) is 0. The van der Waals surface area contributed by atoms with Crippen molar-refractivity contribution in [2.24, 2.45) is 5.92 Å². The summed E-state index contributed by atoms with van der Waals surface area (Å²) in [7, 11) is -3.21. The van der Waals surface area contributed by atoms with Gasteiger partial charge in [0.15, 0.2) is 9.84 Å². The summed E-state index contributed by atoms with van der Waals surface area (Å²) in [6.45, 7) is 0. The molecule has 3 nitrogen and oxygen atoms in total. The van der Waals surface area contributed by atoms with Crippen molar-refractivity contribution in [2.45, 2.75) is 24.2 Å². The maximum Gasteiger partial charge on any atom is 0.178 e. The molecule has 86 valence electrons. The van der Waals surface area contributed by atoms with Crippen molar-refractivity contribution < 1.29 is 13.2 Å². The normalized spacial score (nSPS) is 20.5. The van der Waals surface area contributed by atoms with Gasteiger partial charge in [0.1, 0.15) is 5.78 Å². The average molecular weight is 238 g/mol. The molecule has 0 aromatic heterocycles. The number of benzene rings is 1. The number of rotatable bonds is 4. The standard InChI is InChI=1S/C12H14O3S/c13-12-7-6-10(12)8-9-16(14,15)11-4-2-1-3-5-11/h1-5,10H,6-9H2. The molecule has 0 amide bonds. The van der Waals surface area contributed by atoms with Crippen molar-refractivity contribution in [3.05, 3.63) is 30.3 Å². The fourth-order valence-corrected chi connectivity index (χ4v) is 3.22. The molecule has 1 aliphatic rings. The van der Waals surface area contributed by atoms with E-state index in [1.807, 2.05) is 0 Å². The van der Waals surface area contributed by atoms with E-state index in [2.05, 4.69) is 0 Å². The summed E-state index contributed by atoms with van der Waals surface area (Å²) in [6.07, 6.45) is 1.94. The topological polar surface area (TPSA) is 51.2 Å². The second kappa shape index (κ2) is 4.37. The Labute approximate surface area is 95.4 Å². The van der Waals surface area contributed by atoms with E-state index in [0.29, 0.717) is 17.7 Å². The highest BCUT2D eigenvalue weighted by Gasteiger charge is 2.29. The molecule has 2 rings (SSSR count). The van der Waals surface area contributed by atoms with Crippen molar-refractivity contribution >= 4 is 15.6 Å². The van der Waals surface area contributed by atoms with Crippen molar-refractivity contribution in [1.82, 2.24) is 0 Å². The fourth-order valence-electron chi connectivity index (χ4n) is 1.81. The van der Waals surface area contributed by atoms with Crippen LogP contribution in [0.2, 0.25) is 0 Å². The molecule has 1 fully saturated rings. The minimum atomic E-state index is -3.21. The zero-order valence-corrected chi connectivity index (χ0v) is 9.74. The highest BCUT2D eigenvalue weighted by Crippen LogP contribution is 2.26. The predicted molar refractivity (Wildman–Crippen MR) is 60.8 cm³/mol. The smallest absolute Gasteiger partial charge is 0.178 e. The summed E-state index contributed by atoms with van der Waals surface area (Å²) in [5.74, 6) is 0.273. The maximum absolute atomic E-state index is 11.9. The van der Waals surface area contributed by atoms with E-state index in [9.17, 15) is 13.2 Å². The van der Waals surface area contributed by atoms with E-state index in [1.54, 1.807) is 30.3 Å². The Kier molecular flexibility index (Phi) is 3.10. The van der Waals surface area contributed by atoms with Gasteiger partial charge in [0.2, 0.25) is 0 Å². The largest absolute Gasteiger partial charge is 0.299 e. The molecule has 1 atom stereocenters. The van der Waals surface area contributed by atoms with Gasteiger partial charge in [-0.15, -0.1) is 0 Å². The van der Waals surface area contributed by atoms with Gasteiger partial charge < -0.3 is 0 Å². The summed E-state index contributed by atoms with van der Waals surface area (Å²) in [6, 6.07) is 8.40. The molecule has 0 bridgehead atoms. The number of hydrogen-bond acceptors (Lipinski definition) is 3. The molecule has 1 unspecified atom stereocenters. The second-order valence-corrected chi connectivity index (χ2v) is 6.23. The SMILES string of the molecule is O=C1CCC1CCS(=O)(=O)c1ccccc1. The van der Waals surface area contributed by atoms with Crippen molar-refractivity contribution in [2.75, 3.05) is 5.75 Å². The molecule has 1 aromatic rings. The zero-order valence-electron chi connectivity index (χ0n) is 8.93. The van der Waals surface area contributed by atoms with Crippen LogP contribution in [0.4, 0.5) is 0 Å². The van der Waals surface area contributed by atoms with Crippen LogP contribution in [0, 0.1) is 5.92 Å². The zero-order chi connectivity index (χ0) is 11.6. The van der Waals surface area contributed by atoms with Gasteiger partial charge in [-0.3, -0.25) is 4.79 Å². The summed E-state index contributed by atoms with van der Waals surface area (Å²) in [5.41, 5.74) is 0. The average Bonchev–Trinajstić information content (AvgIpc) is 2.28. The minimum absolute atomic E-state index is 0.0153. The van der Waals surface area contributed by atoms with Gasteiger partial charge in [-0.25, -0.2) is 8.42 Å². The molecule has 1 aliphatic carbocycles. The van der Waals surface area contributed by atoms with Gasteiger partial charge in [-0.05, 0) is 25.0 Å². The lowest BCUT2D eigenvalue weighted by Gasteiger charge is -2.23. The molecule has 0 heterocycles. The van der Waals surface area contributed by atoms with Crippen LogP contribution in [0.5, 0.6) is 0 Å². The molecule has 1 saturated carbocycles. The predicted octanol–water partition coefficient (Wildman–Crippen LogP) is 1.83. The highest BCUT2D eigenvalue weighted by atomic mass is 32.2. The van der Waals surface area contributed by atoms with Crippen molar-refractivity contribution in [3.8, 4) is 0 Å². The third-order valence-corrected chi connectivity index (χ3v) is 4.80. The van der Waals surface area contributed by atoms with Gasteiger partial charge in [-0.1, -0.05) is 18.2 Å². The minimum Gasteiger partial charge on any atom is -0.299 e. The molecule has 0 saturated heterocycles. The first kappa shape index (κ1) is 11.3. The Bertz CT molecular complexity index is 476. The fraction of sp³-hybridized carbons (Fsp3) is 0.417. The lowest BCUT2D eigenvalue weighted by atomic mass is 9.82. The Morgan fingerprint density at radius 1 is 1.19 bits per heavy atom. The number of Topliss-reactive ketones (excluding diaryl/α,β-unsaturated/α-hetero) is 1. The second-order valence-electron chi connectivity index (χ2n) is 4.12. The van der Waals surface area contributed by atoms with E-state index in [1.165, 1.54) is 0 Å². The van der Waals surface area contributed by atoms with E-state index in [4.69, 9.17) is 0 Å². The monoisotopic (exact) mass is 238 g/mol. The number of carbonyl (C=O) groups excluding carboxylic acids is 1. The molecule has 1 aromatic carbocycles. The van der Waals surface area contributed by atoms with Crippen LogP contribution in [-0.2, 0) is 14.6 Å². The van der Waals surface area contributed by atoms with Crippen LogP contribution in [-0.4, -0.2) is 20.0 Å². The Hall–Kier alpha value is -1.16. The maximum atomic E-state index is 11.9. The van der Waals surface area contributed by atoms with Crippen LogP contribution in [0.3, 0.4) is 0 Å². The molecule has 16 heavy (non-hydrogen) atoms. The lowest BCUT2D eigenvalue weighted by molar-refractivity contribution is -0.129. The first-order valence-electron chi connectivity index (χ1n) is 5.40. The van der Waals surface area contributed by atoms with Crippen molar-refractivity contribution in [1.29, 1.82) is 0 Å². The first-order valence-corrected chi connectivity index (χ1v) is 7.05. The van der Waals surface area contributed by atoms with Crippen LogP contribution < -0.4 is 0 Å². The van der Waals surface area contributed by atoms with Gasteiger partial charge in [-0.2, -0.15) is 0 Å². The number of carbonyl (C=O) groups is 1.